The predicted molar refractivity (Wildman–Crippen MR) is 123 cm³/mol. The Morgan fingerprint density at radius 3 is 2.36 bits per heavy atom. The van der Waals surface area contributed by atoms with Crippen LogP contribution in [0.15, 0.2) is 17.0 Å². The average molecular weight is 496 g/mol. The first-order valence-electron chi connectivity index (χ1n) is 12.0. The SMILES string of the molecule is Cc1cc(S(=O)(=O)CCC2(C(=O)CC3C4CC5CC3CC(C(N)=O)(C5)C4)CC2)c(F)cc1Cl. The zero-order chi connectivity index (χ0) is 23.8. The van der Waals surface area contributed by atoms with Crippen LogP contribution < -0.4 is 5.73 Å². The van der Waals surface area contributed by atoms with Gasteiger partial charge in [-0.1, -0.05) is 11.6 Å². The molecule has 180 valence electrons. The minimum Gasteiger partial charge on any atom is -0.369 e. The number of primary amides is 1. The molecule has 1 amide bonds. The summed E-state index contributed by atoms with van der Waals surface area (Å²) in [7, 11) is -3.86. The smallest absolute Gasteiger partial charge is 0.223 e. The highest BCUT2D eigenvalue weighted by Gasteiger charge is 2.59. The van der Waals surface area contributed by atoms with Crippen LogP contribution in [0.5, 0.6) is 0 Å². The lowest BCUT2D eigenvalue weighted by Crippen LogP contribution is -2.56. The van der Waals surface area contributed by atoms with E-state index in [9.17, 15) is 22.4 Å². The largest absolute Gasteiger partial charge is 0.369 e. The summed E-state index contributed by atoms with van der Waals surface area (Å²) in [5.41, 5.74) is 5.31. The van der Waals surface area contributed by atoms with Gasteiger partial charge in [0, 0.05) is 22.3 Å². The van der Waals surface area contributed by atoms with E-state index in [2.05, 4.69) is 0 Å². The minimum atomic E-state index is -3.86. The molecule has 8 heteroatoms. The normalized spacial score (nSPS) is 33.8. The van der Waals surface area contributed by atoms with Crippen LogP contribution in [0.1, 0.15) is 63.4 Å². The summed E-state index contributed by atoms with van der Waals surface area (Å²) in [5.74, 6) is 0.402. The molecule has 2 atom stereocenters. The molecular formula is C25H31ClFNO4S. The molecular weight excluding hydrogens is 465 g/mol. The molecule has 4 bridgehead atoms. The maximum Gasteiger partial charge on any atom is 0.223 e. The Morgan fingerprint density at radius 1 is 1.15 bits per heavy atom. The standard InChI is InChI=1S/C25H31ClFNO4S/c1-14-6-21(20(27)10-19(14)26)33(31,32)5-4-24(2-3-24)22(29)9-18-16-7-15-8-17(18)13-25(11-15,12-16)23(28)30/h6,10,15-18H,2-5,7-9,11-13H2,1H3,(H2,28,30). The van der Waals surface area contributed by atoms with Crippen LogP contribution in [0.25, 0.3) is 0 Å². The Bertz CT molecular complexity index is 1110. The molecule has 2 N–H and O–H groups in total. The fourth-order valence-corrected chi connectivity index (χ4v) is 9.07. The van der Waals surface area contributed by atoms with Gasteiger partial charge in [0.1, 0.15) is 16.5 Å². The van der Waals surface area contributed by atoms with Crippen LogP contribution in [0.2, 0.25) is 5.02 Å². The molecule has 1 aromatic rings. The zero-order valence-electron chi connectivity index (χ0n) is 18.9. The van der Waals surface area contributed by atoms with Crippen molar-refractivity contribution in [3.63, 3.8) is 0 Å². The Hall–Kier alpha value is -1.47. The van der Waals surface area contributed by atoms with Crippen molar-refractivity contribution in [2.24, 2.45) is 40.2 Å². The van der Waals surface area contributed by atoms with E-state index in [4.69, 9.17) is 17.3 Å². The van der Waals surface area contributed by atoms with Crippen LogP contribution in [-0.4, -0.2) is 25.9 Å². The fraction of sp³-hybridized carbons (Fsp3) is 0.680. The highest BCUT2D eigenvalue weighted by molar-refractivity contribution is 7.91. The van der Waals surface area contributed by atoms with Crippen LogP contribution in [-0.2, 0) is 19.4 Å². The Balaban J connectivity index is 1.26. The molecule has 5 saturated carbocycles. The lowest BCUT2D eigenvalue weighted by atomic mass is 9.45. The molecule has 2 unspecified atom stereocenters. The number of carbonyl (C=O) groups is 2. The number of sulfone groups is 1. The van der Waals surface area contributed by atoms with Crippen molar-refractivity contribution < 1.29 is 22.4 Å². The Morgan fingerprint density at radius 2 is 1.79 bits per heavy atom. The lowest BCUT2D eigenvalue weighted by Gasteiger charge is -2.59. The molecule has 0 aromatic heterocycles. The van der Waals surface area contributed by atoms with Gasteiger partial charge in [0.25, 0.3) is 0 Å². The number of carbonyl (C=O) groups excluding carboxylic acids is 2. The van der Waals surface area contributed by atoms with Gasteiger partial charge >= 0.3 is 0 Å². The summed E-state index contributed by atoms with van der Waals surface area (Å²) < 4.78 is 40.1. The van der Waals surface area contributed by atoms with E-state index in [1.165, 1.54) is 6.07 Å². The number of Topliss-reactive ketones (excluding diaryl/α,β-unsaturated/α-hetero) is 1. The molecule has 1 aromatic carbocycles. The van der Waals surface area contributed by atoms with Crippen molar-refractivity contribution in [2.45, 2.75) is 69.6 Å². The Labute approximate surface area is 199 Å². The number of ketones is 1. The average Bonchev–Trinajstić information content (AvgIpc) is 3.52. The van der Waals surface area contributed by atoms with E-state index in [1.54, 1.807) is 6.92 Å². The third-order valence-corrected chi connectivity index (χ3v) is 11.4. The summed E-state index contributed by atoms with van der Waals surface area (Å²) in [6.45, 7) is 1.64. The predicted octanol–water partition coefficient (Wildman–Crippen LogP) is 4.62. The molecule has 5 nitrogen and oxygen atoms in total. The minimum absolute atomic E-state index is 0.149. The molecule has 0 radical (unpaired) electrons. The number of nitrogens with two attached hydrogens (primary N) is 1. The van der Waals surface area contributed by atoms with Gasteiger partial charge in [0.05, 0.1) is 5.75 Å². The summed E-state index contributed by atoms with van der Waals surface area (Å²) in [6, 6.07) is 2.31. The molecule has 0 heterocycles. The van der Waals surface area contributed by atoms with Crippen molar-refractivity contribution in [1.29, 1.82) is 0 Å². The van der Waals surface area contributed by atoms with E-state index in [0.29, 0.717) is 42.6 Å². The molecule has 0 aliphatic heterocycles. The first kappa shape index (κ1) is 23.3. The van der Waals surface area contributed by atoms with E-state index in [0.717, 1.165) is 38.2 Å². The van der Waals surface area contributed by atoms with E-state index in [1.807, 2.05) is 0 Å². The van der Waals surface area contributed by atoms with Crippen molar-refractivity contribution >= 4 is 33.1 Å². The van der Waals surface area contributed by atoms with Gasteiger partial charge in [0.2, 0.25) is 5.91 Å². The second-order valence-corrected chi connectivity index (χ2v) is 13.8. The maximum absolute atomic E-state index is 14.3. The highest BCUT2D eigenvalue weighted by Crippen LogP contribution is 2.63. The maximum atomic E-state index is 14.3. The molecule has 6 rings (SSSR count). The van der Waals surface area contributed by atoms with Gasteiger partial charge in [-0.3, -0.25) is 9.59 Å². The summed E-state index contributed by atoms with van der Waals surface area (Å²) in [6.07, 6.45) is 6.71. The van der Waals surface area contributed by atoms with Gasteiger partial charge in [-0.25, -0.2) is 12.8 Å². The van der Waals surface area contributed by atoms with E-state index < -0.39 is 21.1 Å². The molecule has 5 aliphatic rings. The molecule has 0 saturated heterocycles. The summed E-state index contributed by atoms with van der Waals surface area (Å²) >= 11 is 5.90. The quantitative estimate of drug-likeness (QED) is 0.569. The van der Waals surface area contributed by atoms with Gasteiger partial charge in [-0.2, -0.15) is 0 Å². The van der Waals surface area contributed by atoms with Crippen LogP contribution in [0.4, 0.5) is 4.39 Å². The molecule has 5 aliphatic carbocycles. The van der Waals surface area contributed by atoms with Crippen LogP contribution in [0.3, 0.4) is 0 Å². The number of hydrogen-bond acceptors (Lipinski definition) is 4. The van der Waals surface area contributed by atoms with Gasteiger partial charge < -0.3 is 5.73 Å². The van der Waals surface area contributed by atoms with Crippen molar-refractivity contribution in [1.82, 2.24) is 0 Å². The second kappa shape index (κ2) is 7.77. The number of rotatable bonds is 8. The zero-order valence-corrected chi connectivity index (χ0v) is 20.5. The topological polar surface area (TPSA) is 94.3 Å². The molecule has 33 heavy (non-hydrogen) atoms. The second-order valence-electron chi connectivity index (χ2n) is 11.3. The van der Waals surface area contributed by atoms with Gasteiger partial charge in [0.15, 0.2) is 9.84 Å². The molecule has 0 spiro atoms. The van der Waals surface area contributed by atoms with Crippen LogP contribution in [0, 0.1) is 47.2 Å². The monoisotopic (exact) mass is 495 g/mol. The fourth-order valence-electron chi connectivity index (χ4n) is 7.32. The number of hydrogen-bond donors (Lipinski definition) is 1. The lowest BCUT2D eigenvalue weighted by molar-refractivity contribution is -0.152. The van der Waals surface area contributed by atoms with Gasteiger partial charge in [-0.05, 0) is 99.7 Å². The number of amides is 1. The number of aryl methyl sites for hydroxylation is 1. The number of benzene rings is 1. The first-order valence-corrected chi connectivity index (χ1v) is 14.0. The number of halogens is 2. The van der Waals surface area contributed by atoms with Crippen LogP contribution >= 0.6 is 11.6 Å². The summed E-state index contributed by atoms with van der Waals surface area (Å²) in [5, 5.41) is 0.189. The van der Waals surface area contributed by atoms with Gasteiger partial charge in [-0.15, -0.1) is 0 Å². The van der Waals surface area contributed by atoms with Crippen molar-refractivity contribution in [2.75, 3.05) is 5.75 Å². The van der Waals surface area contributed by atoms with Crippen molar-refractivity contribution in [3.05, 3.63) is 28.5 Å². The highest BCUT2D eigenvalue weighted by atomic mass is 35.5. The van der Waals surface area contributed by atoms with E-state index >= 15 is 0 Å². The molecule has 5 fully saturated rings. The summed E-state index contributed by atoms with van der Waals surface area (Å²) in [4.78, 5) is 25.2. The Kier molecular flexibility index (Phi) is 5.48. The van der Waals surface area contributed by atoms with Crippen molar-refractivity contribution in [3.8, 4) is 0 Å². The van der Waals surface area contributed by atoms with E-state index in [-0.39, 0.29) is 45.1 Å². The third-order valence-electron chi connectivity index (χ3n) is 9.25. The first-order chi connectivity index (χ1) is 15.4. The third kappa shape index (κ3) is 3.93.